The summed E-state index contributed by atoms with van der Waals surface area (Å²) in [7, 11) is 0. The van der Waals surface area contributed by atoms with Gasteiger partial charge in [-0.1, -0.05) is 50.2 Å². The van der Waals surface area contributed by atoms with Gasteiger partial charge >= 0.3 is 0 Å². The summed E-state index contributed by atoms with van der Waals surface area (Å²) in [5.41, 5.74) is 12.0. The largest absolute Gasteiger partial charge is 0.381 e. The molecule has 2 aliphatic rings. The summed E-state index contributed by atoms with van der Waals surface area (Å²) in [4.78, 5) is 17.6. The third-order valence-electron chi connectivity index (χ3n) is 6.89. The molecule has 2 fully saturated rings. The van der Waals surface area contributed by atoms with Gasteiger partial charge in [0.05, 0.1) is 24.5 Å². The fourth-order valence-electron chi connectivity index (χ4n) is 5.15. The summed E-state index contributed by atoms with van der Waals surface area (Å²) >= 11 is 0. The van der Waals surface area contributed by atoms with Crippen LogP contribution in [0.3, 0.4) is 0 Å². The monoisotopic (exact) mass is 465 g/mol. The normalized spacial score (nSPS) is 17.8. The lowest BCUT2D eigenvalue weighted by molar-refractivity contribution is 0.0342. The number of rotatable bonds is 8. The SMILES string of the molecule is Cc1ccc(-c2ccc(CN3CCOCC3)cc2)c(N(CC(C)C)C2CCOCC2)c1C(N)=O. The lowest BCUT2D eigenvalue weighted by Crippen LogP contribution is -2.43. The topological polar surface area (TPSA) is 68.0 Å². The summed E-state index contributed by atoms with van der Waals surface area (Å²) in [6.45, 7) is 13.3. The molecule has 2 aromatic carbocycles. The number of morpholine rings is 1. The number of aryl methyl sites for hydroxylation is 1. The molecule has 34 heavy (non-hydrogen) atoms. The van der Waals surface area contributed by atoms with E-state index in [1.165, 1.54) is 5.56 Å². The van der Waals surface area contributed by atoms with Crippen LogP contribution in [0.2, 0.25) is 0 Å². The zero-order chi connectivity index (χ0) is 24.1. The molecule has 2 N–H and O–H groups in total. The van der Waals surface area contributed by atoms with E-state index in [1.54, 1.807) is 0 Å². The Hall–Kier alpha value is -2.41. The van der Waals surface area contributed by atoms with E-state index in [1.807, 2.05) is 13.0 Å². The number of carbonyl (C=O) groups is 1. The molecule has 0 bridgehead atoms. The van der Waals surface area contributed by atoms with Gasteiger partial charge in [-0.2, -0.15) is 0 Å². The third kappa shape index (κ3) is 5.80. The zero-order valence-electron chi connectivity index (χ0n) is 20.9. The molecule has 0 spiro atoms. The van der Waals surface area contributed by atoms with E-state index in [-0.39, 0.29) is 5.91 Å². The molecule has 0 atom stereocenters. The minimum atomic E-state index is -0.362. The van der Waals surface area contributed by atoms with E-state index in [0.717, 1.165) is 87.8 Å². The number of anilines is 1. The van der Waals surface area contributed by atoms with E-state index >= 15 is 0 Å². The first-order valence-corrected chi connectivity index (χ1v) is 12.6. The third-order valence-corrected chi connectivity index (χ3v) is 6.89. The van der Waals surface area contributed by atoms with Crippen LogP contribution in [-0.4, -0.2) is 62.9 Å². The maximum absolute atomic E-state index is 12.7. The van der Waals surface area contributed by atoms with Gasteiger partial charge in [0.25, 0.3) is 5.91 Å². The number of nitrogens with zero attached hydrogens (tertiary/aromatic N) is 2. The molecule has 0 saturated carbocycles. The van der Waals surface area contributed by atoms with Gasteiger partial charge in [-0.3, -0.25) is 9.69 Å². The molecule has 0 unspecified atom stereocenters. The maximum atomic E-state index is 12.7. The first kappa shape index (κ1) is 24.7. The van der Waals surface area contributed by atoms with Crippen molar-refractivity contribution in [1.82, 2.24) is 4.90 Å². The highest BCUT2D eigenvalue weighted by molar-refractivity contribution is 6.04. The molecule has 0 aliphatic carbocycles. The highest BCUT2D eigenvalue weighted by atomic mass is 16.5. The number of hydrogen-bond donors (Lipinski definition) is 1. The molecule has 2 aliphatic heterocycles. The van der Waals surface area contributed by atoms with Gasteiger partial charge in [0.15, 0.2) is 0 Å². The van der Waals surface area contributed by atoms with Crippen molar-refractivity contribution >= 4 is 11.6 Å². The maximum Gasteiger partial charge on any atom is 0.251 e. The minimum Gasteiger partial charge on any atom is -0.381 e. The van der Waals surface area contributed by atoms with Crippen LogP contribution >= 0.6 is 0 Å². The Morgan fingerprint density at radius 1 is 1.03 bits per heavy atom. The molecule has 6 nitrogen and oxygen atoms in total. The van der Waals surface area contributed by atoms with Crippen LogP contribution in [0, 0.1) is 12.8 Å². The Morgan fingerprint density at radius 2 is 1.68 bits per heavy atom. The van der Waals surface area contributed by atoms with Gasteiger partial charge in [-0.05, 0) is 42.4 Å². The van der Waals surface area contributed by atoms with Crippen LogP contribution in [0.1, 0.15) is 48.2 Å². The van der Waals surface area contributed by atoms with Gasteiger partial charge < -0.3 is 20.1 Å². The molecular formula is C28H39N3O3. The van der Waals surface area contributed by atoms with Crippen LogP contribution in [0.25, 0.3) is 11.1 Å². The van der Waals surface area contributed by atoms with Gasteiger partial charge in [0, 0.05) is 51.0 Å². The van der Waals surface area contributed by atoms with Crippen molar-refractivity contribution in [3.63, 3.8) is 0 Å². The van der Waals surface area contributed by atoms with Crippen molar-refractivity contribution in [3.05, 3.63) is 53.1 Å². The number of hydrogen-bond acceptors (Lipinski definition) is 5. The standard InChI is InChI=1S/C28H39N3O3/c1-20(2)18-31(24-10-14-33-15-11-24)27-25(9-4-21(3)26(27)28(29)32)23-7-5-22(6-8-23)19-30-12-16-34-17-13-30/h4-9,20,24H,10-19H2,1-3H3,(H2,29,32). The van der Waals surface area contributed by atoms with Gasteiger partial charge in [0.2, 0.25) is 0 Å². The van der Waals surface area contributed by atoms with Crippen molar-refractivity contribution in [2.75, 3.05) is 51.0 Å². The van der Waals surface area contributed by atoms with E-state index in [9.17, 15) is 4.79 Å². The first-order chi connectivity index (χ1) is 16.4. The van der Waals surface area contributed by atoms with E-state index < -0.39 is 0 Å². The van der Waals surface area contributed by atoms with Gasteiger partial charge in [-0.25, -0.2) is 0 Å². The Labute approximate surface area is 204 Å². The zero-order valence-corrected chi connectivity index (χ0v) is 20.9. The van der Waals surface area contributed by atoms with Crippen molar-refractivity contribution < 1.29 is 14.3 Å². The molecule has 2 aromatic rings. The van der Waals surface area contributed by atoms with Crippen molar-refractivity contribution in [2.45, 2.75) is 46.2 Å². The van der Waals surface area contributed by atoms with E-state index in [0.29, 0.717) is 17.5 Å². The smallest absolute Gasteiger partial charge is 0.251 e. The molecule has 2 saturated heterocycles. The van der Waals surface area contributed by atoms with Crippen LogP contribution in [0.5, 0.6) is 0 Å². The molecule has 1 amide bonds. The number of carbonyl (C=O) groups excluding carboxylic acids is 1. The summed E-state index contributed by atoms with van der Waals surface area (Å²) in [6, 6.07) is 13.3. The van der Waals surface area contributed by atoms with Crippen molar-refractivity contribution in [1.29, 1.82) is 0 Å². The van der Waals surface area contributed by atoms with Crippen molar-refractivity contribution in [3.8, 4) is 11.1 Å². The van der Waals surface area contributed by atoms with Crippen LogP contribution in [0.4, 0.5) is 5.69 Å². The Bertz CT molecular complexity index is 962. The predicted octanol–water partition coefficient (Wildman–Crippen LogP) is 4.23. The van der Waals surface area contributed by atoms with Gasteiger partial charge in [0.1, 0.15) is 0 Å². The Morgan fingerprint density at radius 3 is 2.29 bits per heavy atom. The number of amides is 1. The number of primary amides is 1. The Kier molecular flexibility index (Phi) is 8.24. The second kappa shape index (κ2) is 11.3. The van der Waals surface area contributed by atoms with Gasteiger partial charge in [-0.15, -0.1) is 0 Å². The highest BCUT2D eigenvalue weighted by Gasteiger charge is 2.29. The summed E-state index contributed by atoms with van der Waals surface area (Å²) in [6.07, 6.45) is 1.91. The molecule has 4 rings (SSSR count). The second-order valence-corrected chi connectivity index (χ2v) is 9.99. The summed E-state index contributed by atoms with van der Waals surface area (Å²) in [5.74, 6) is 0.0898. The molecule has 0 radical (unpaired) electrons. The predicted molar refractivity (Wildman–Crippen MR) is 137 cm³/mol. The molecule has 0 aromatic heterocycles. The minimum absolute atomic E-state index is 0.329. The van der Waals surface area contributed by atoms with Crippen LogP contribution in [0.15, 0.2) is 36.4 Å². The average Bonchev–Trinajstić information content (AvgIpc) is 2.84. The lowest BCUT2D eigenvalue weighted by Gasteiger charge is -2.39. The molecular weight excluding hydrogens is 426 g/mol. The molecule has 6 heteroatoms. The summed E-state index contributed by atoms with van der Waals surface area (Å²) in [5, 5.41) is 0. The van der Waals surface area contributed by atoms with Crippen molar-refractivity contribution in [2.24, 2.45) is 11.7 Å². The Balaban J connectivity index is 1.73. The van der Waals surface area contributed by atoms with E-state index in [4.69, 9.17) is 15.2 Å². The average molecular weight is 466 g/mol. The molecule has 184 valence electrons. The molecule has 2 heterocycles. The van der Waals surface area contributed by atoms with E-state index in [2.05, 4.69) is 54.0 Å². The number of nitrogens with two attached hydrogens (primary N) is 1. The summed E-state index contributed by atoms with van der Waals surface area (Å²) < 4.78 is 11.1. The fraction of sp³-hybridized carbons (Fsp3) is 0.536. The number of benzene rings is 2. The van der Waals surface area contributed by atoms with Crippen LogP contribution in [-0.2, 0) is 16.0 Å². The first-order valence-electron chi connectivity index (χ1n) is 12.6. The second-order valence-electron chi connectivity index (χ2n) is 9.99. The lowest BCUT2D eigenvalue weighted by atomic mass is 9.92. The quantitative estimate of drug-likeness (QED) is 0.632. The fourth-order valence-corrected chi connectivity index (χ4v) is 5.15. The van der Waals surface area contributed by atoms with Crippen LogP contribution < -0.4 is 10.6 Å². The number of ether oxygens (including phenoxy) is 2. The highest BCUT2D eigenvalue weighted by Crippen LogP contribution is 2.39.